The van der Waals surface area contributed by atoms with E-state index in [0.717, 1.165) is 17.8 Å². The minimum absolute atomic E-state index is 0.0270. The lowest BCUT2D eigenvalue weighted by molar-refractivity contribution is 0.455. The second kappa shape index (κ2) is 7.21. The van der Waals surface area contributed by atoms with Crippen molar-refractivity contribution in [2.75, 3.05) is 13.1 Å². The highest BCUT2D eigenvalue weighted by atomic mass is 35.5. The minimum atomic E-state index is 0.0270. The third kappa shape index (κ3) is 3.63. The summed E-state index contributed by atoms with van der Waals surface area (Å²) in [6, 6.07) is 5.55. The van der Waals surface area contributed by atoms with Crippen molar-refractivity contribution in [2.45, 2.75) is 38.6 Å². The maximum atomic E-state index is 6.33. The lowest BCUT2D eigenvalue weighted by Gasteiger charge is -2.26. The molecular weight excluding hydrogens is 347 g/mol. The average Bonchev–Trinajstić information content (AvgIpc) is 3.07. The summed E-state index contributed by atoms with van der Waals surface area (Å²) in [7, 11) is 0. The number of rotatable bonds is 4. The van der Waals surface area contributed by atoms with E-state index in [-0.39, 0.29) is 17.9 Å². The van der Waals surface area contributed by atoms with Crippen LogP contribution in [0.2, 0.25) is 10.0 Å². The number of aromatic nitrogens is 2. The molecule has 24 heavy (non-hydrogen) atoms. The smallest absolute Gasteiger partial charge is 0.262 e. The molecule has 1 aliphatic rings. The molecule has 1 aromatic heterocycles. The van der Waals surface area contributed by atoms with E-state index in [1.165, 1.54) is 0 Å². The van der Waals surface area contributed by atoms with E-state index >= 15 is 0 Å². The maximum Gasteiger partial charge on any atom is 0.262 e. The Morgan fingerprint density at radius 1 is 1.21 bits per heavy atom. The van der Waals surface area contributed by atoms with Gasteiger partial charge in [0.1, 0.15) is 5.71 Å². The summed E-state index contributed by atoms with van der Waals surface area (Å²) in [6.07, 6.45) is 0. The molecule has 0 saturated heterocycles. The van der Waals surface area contributed by atoms with Crippen molar-refractivity contribution in [3.8, 4) is 0 Å². The van der Waals surface area contributed by atoms with Crippen molar-refractivity contribution in [3.05, 3.63) is 45.6 Å². The molecule has 3 rings (SSSR count). The molecule has 0 spiro atoms. The van der Waals surface area contributed by atoms with Crippen LogP contribution in [0.5, 0.6) is 0 Å². The first-order valence-corrected chi connectivity index (χ1v) is 8.77. The summed E-state index contributed by atoms with van der Waals surface area (Å²) in [5.74, 6) is 1.43. The molecule has 0 aliphatic carbocycles. The van der Waals surface area contributed by atoms with Gasteiger partial charge in [-0.25, -0.2) is 0 Å². The van der Waals surface area contributed by atoms with Crippen LogP contribution in [0.25, 0.3) is 0 Å². The summed E-state index contributed by atoms with van der Waals surface area (Å²) >= 11 is 12.4. The molecule has 5 nitrogen and oxygen atoms in total. The molecule has 0 amide bonds. The summed E-state index contributed by atoms with van der Waals surface area (Å²) in [5, 5.41) is 13.0. The van der Waals surface area contributed by atoms with Crippen LogP contribution in [0.15, 0.2) is 27.6 Å². The van der Waals surface area contributed by atoms with Gasteiger partial charge in [0.2, 0.25) is 5.89 Å². The molecule has 7 heteroatoms. The van der Waals surface area contributed by atoms with Crippen molar-refractivity contribution in [3.63, 3.8) is 0 Å². The zero-order valence-electron chi connectivity index (χ0n) is 13.9. The van der Waals surface area contributed by atoms with Gasteiger partial charge < -0.3 is 9.73 Å². The Hall–Kier alpha value is -1.43. The second-order valence-electron chi connectivity index (χ2n) is 6.33. The van der Waals surface area contributed by atoms with E-state index in [9.17, 15) is 0 Å². The molecule has 128 valence electrons. The van der Waals surface area contributed by atoms with E-state index in [4.69, 9.17) is 32.6 Å². The fourth-order valence-electron chi connectivity index (χ4n) is 2.70. The van der Waals surface area contributed by atoms with Crippen LogP contribution >= 0.6 is 23.2 Å². The third-order valence-corrected chi connectivity index (χ3v) is 4.75. The Balaban J connectivity index is 1.86. The predicted molar refractivity (Wildman–Crippen MR) is 96.5 cm³/mol. The quantitative estimate of drug-likeness (QED) is 0.885. The van der Waals surface area contributed by atoms with Gasteiger partial charge in [0.15, 0.2) is 0 Å². The van der Waals surface area contributed by atoms with Crippen LogP contribution in [0.3, 0.4) is 0 Å². The number of hydrogen-bond donors (Lipinski definition) is 1. The van der Waals surface area contributed by atoms with Crippen LogP contribution in [0.1, 0.15) is 50.0 Å². The summed E-state index contributed by atoms with van der Waals surface area (Å²) in [5.41, 5.74) is 1.78. The molecule has 0 bridgehead atoms. The molecule has 0 fully saturated rings. The zero-order valence-corrected chi connectivity index (χ0v) is 15.4. The number of nitrogens with zero attached hydrogens (tertiary/aromatic N) is 3. The van der Waals surface area contributed by atoms with Gasteiger partial charge in [-0.2, -0.15) is 0 Å². The molecule has 1 N–H and O–H groups in total. The van der Waals surface area contributed by atoms with Crippen LogP contribution in [-0.2, 0) is 0 Å². The lowest BCUT2D eigenvalue weighted by atomic mass is 9.92. The van der Waals surface area contributed by atoms with Crippen molar-refractivity contribution in [1.82, 2.24) is 15.5 Å². The van der Waals surface area contributed by atoms with E-state index in [1.54, 1.807) is 6.07 Å². The van der Waals surface area contributed by atoms with Gasteiger partial charge in [0.25, 0.3) is 5.89 Å². The molecule has 2 heterocycles. The molecule has 2 aromatic rings. The SMILES string of the molecule is CC(C)c1nnc(C2=NC(C(C)c3cc(Cl)ccc3Cl)CNC2)o1. The number of aliphatic imine (C=N–C) groups is 1. The Labute approximate surface area is 151 Å². The van der Waals surface area contributed by atoms with E-state index < -0.39 is 0 Å². The topological polar surface area (TPSA) is 63.3 Å². The van der Waals surface area contributed by atoms with E-state index in [0.29, 0.717) is 28.4 Å². The molecule has 0 radical (unpaired) electrons. The number of halogens is 2. The first-order valence-electron chi connectivity index (χ1n) is 8.01. The molecule has 2 unspecified atom stereocenters. The van der Waals surface area contributed by atoms with Gasteiger partial charge in [-0.3, -0.25) is 4.99 Å². The van der Waals surface area contributed by atoms with Gasteiger partial charge in [0.05, 0.1) is 6.04 Å². The van der Waals surface area contributed by atoms with Crippen LogP contribution in [-0.4, -0.2) is 35.0 Å². The molecule has 2 atom stereocenters. The van der Waals surface area contributed by atoms with Gasteiger partial charge in [-0.1, -0.05) is 44.0 Å². The average molecular weight is 367 g/mol. The molecule has 0 saturated carbocycles. The summed E-state index contributed by atoms with van der Waals surface area (Å²) < 4.78 is 5.72. The minimum Gasteiger partial charge on any atom is -0.419 e. The van der Waals surface area contributed by atoms with Gasteiger partial charge in [0, 0.05) is 35.0 Å². The molecular formula is C17H20Cl2N4O. The number of nitrogens with one attached hydrogen (secondary N) is 1. The van der Waals surface area contributed by atoms with Crippen molar-refractivity contribution in [2.24, 2.45) is 4.99 Å². The first-order chi connectivity index (χ1) is 11.5. The molecule has 1 aromatic carbocycles. The predicted octanol–water partition coefficient (Wildman–Crippen LogP) is 4.06. The highest BCUT2D eigenvalue weighted by Gasteiger charge is 2.26. The second-order valence-corrected chi connectivity index (χ2v) is 7.17. The fraction of sp³-hybridized carbons (Fsp3) is 0.471. The number of hydrogen-bond acceptors (Lipinski definition) is 5. The Kier molecular flexibility index (Phi) is 5.23. The van der Waals surface area contributed by atoms with Crippen LogP contribution < -0.4 is 5.32 Å². The van der Waals surface area contributed by atoms with Gasteiger partial charge in [-0.15, -0.1) is 10.2 Å². The first kappa shape index (κ1) is 17.4. The monoisotopic (exact) mass is 366 g/mol. The Morgan fingerprint density at radius 3 is 2.71 bits per heavy atom. The van der Waals surface area contributed by atoms with Crippen molar-refractivity contribution in [1.29, 1.82) is 0 Å². The highest BCUT2D eigenvalue weighted by molar-refractivity contribution is 6.33. The van der Waals surface area contributed by atoms with Crippen molar-refractivity contribution < 1.29 is 4.42 Å². The van der Waals surface area contributed by atoms with Crippen LogP contribution in [0.4, 0.5) is 0 Å². The van der Waals surface area contributed by atoms with Crippen molar-refractivity contribution >= 4 is 28.9 Å². The van der Waals surface area contributed by atoms with Gasteiger partial charge in [-0.05, 0) is 23.8 Å². The van der Waals surface area contributed by atoms with Gasteiger partial charge >= 0.3 is 0 Å². The summed E-state index contributed by atoms with van der Waals surface area (Å²) in [6.45, 7) is 7.52. The third-order valence-electron chi connectivity index (χ3n) is 4.17. The van der Waals surface area contributed by atoms with Crippen LogP contribution in [0, 0.1) is 0 Å². The zero-order chi connectivity index (χ0) is 17.3. The largest absolute Gasteiger partial charge is 0.419 e. The number of benzene rings is 1. The highest BCUT2D eigenvalue weighted by Crippen LogP contribution is 2.31. The van der Waals surface area contributed by atoms with E-state index in [2.05, 4.69) is 22.4 Å². The Morgan fingerprint density at radius 2 is 2.00 bits per heavy atom. The normalized spacial score (nSPS) is 19.4. The lowest BCUT2D eigenvalue weighted by Crippen LogP contribution is -2.39. The fourth-order valence-corrected chi connectivity index (χ4v) is 3.17. The summed E-state index contributed by atoms with van der Waals surface area (Å²) in [4.78, 5) is 4.83. The molecule has 1 aliphatic heterocycles. The Bertz CT molecular complexity index is 757. The van der Waals surface area contributed by atoms with E-state index in [1.807, 2.05) is 26.0 Å². The maximum absolute atomic E-state index is 6.33. The standard InChI is InChI=1S/C17H20Cl2N4O/c1-9(2)16-22-23-17(24-16)15-8-20-7-14(21-15)10(3)12-6-11(18)4-5-13(12)19/h4-6,9-10,14,20H,7-8H2,1-3H3.